The number of rotatable bonds is 7. The molecular formula is C16H22F2N6. The molecule has 6 nitrogen and oxygen atoms in total. The summed E-state index contributed by atoms with van der Waals surface area (Å²) in [4.78, 5) is 4.11. The Morgan fingerprint density at radius 1 is 1.25 bits per heavy atom. The Labute approximate surface area is 140 Å². The SMILES string of the molecule is CCc1nncn1CCNC(=NC)NCCc1cccc(F)c1F. The van der Waals surface area contributed by atoms with Crippen molar-refractivity contribution in [1.82, 2.24) is 25.4 Å². The highest BCUT2D eigenvalue weighted by Crippen LogP contribution is 2.11. The van der Waals surface area contributed by atoms with E-state index in [0.717, 1.165) is 24.9 Å². The lowest BCUT2D eigenvalue weighted by Gasteiger charge is -2.13. The van der Waals surface area contributed by atoms with Gasteiger partial charge in [0.05, 0.1) is 0 Å². The molecular weight excluding hydrogens is 314 g/mol. The van der Waals surface area contributed by atoms with Crippen LogP contribution in [-0.4, -0.2) is 40.9 Å². The molecule has 0 fully saturated rings. The van der Waals surface area contributed by atoms with Crippen molar-refractivity contribution in [3.05, 3.63) is 47.5 Å². The maximum atomic E-state index is 13.6. The summed E-state index contributed by atoms with van der Waals surface area (Å²) >= 11 is 0. The van der Waals surface area contributed by atoms with Crippen molar-refractivity contribution >= 4 is 5.96 Å². The summed E-state index contributed by atoms with van der Waals surface area (Å²) in [5, 5.41) is 14.2. The van der Waals surface area contributed by atoms with Crippen molar-refractivity contribution in [2.75, 3.05) is 20.1 Å². The van der Waals surface area contributed by atoms with Crippen molar-refractivity contribution in [3.63, 3.8) is 0 Å². The summed E-state index contributed by atoms with van der Waals surface area (Å²) in [6.45, 7) is 3.85. The molecule has 0 bridgehead atoms. The number of hydrogen-bond acceptors (Lipinski definition) is 3. The van der Waals surface area contributed by atoms with Gasteiger partial charge in [-0.05, 0) is 18.1 Å². The second-order valence-corrected chi connectivity index (χ2v) is 5.18. The number of benzene rings is 1. The molecule has 2 aromatic rings. The average Bonchev–Trinajstić information content (AvgIpc) is 3.04. The fourth-order valence-electron chi connectivity index (χ4n) is 2.31. The average molecular weight is 336 g/mol. The first-order valence-corrected chi connectivity index (χ1v) is 7.89. The maximum absolute atomic E-state index is 13.6. The number of halogens is 2. The van der Waals surface area contributed by atoms with Crippen molar-refractivity contribution in [1.29, 1.82) is 0 Å². The first-order valence-electron chi connectivity index (χ1n) is 7.89. The number of nitrogens with one attached hydrogen (secondary N) is 2. The van der Waals surface area contributed by atoms with Gasteiger partial charge >= 0.3 is 0 Å². The number of aromatic nitrogens is 3. The molecule has 1 aromatic carbocycles. The zero-order chi connectivity index (χ0) is 17.4. The molecule has 130 valence electrons. The van der Waals surface area contributed by atoms with E-state index in [9.17, 15) is 8.78 Å². The Morgan fingerprint density at radius 2 is 2.04 bits per heavy atom. The van der Waals surface area contributed by atoms with E-state index >= 15 is 0 Å². The topological polar surface area (TPSA) is 67.1 Å². The normalized spacial score (nSPS) is 11.6. The van der Waals surface area contributed by atoms with Gasteiger partial charge in [0, 0.05) is 33.1 Å². The molecule has 0 unspecified atom stereocenters. The lowest BCUT2D eigenvalue weighted by atomic mass is 10.1. The van der Waals surface area contributed by atoms with Crippen LogP contribution in [0.1, 0.15) is 18.3 Å². The lowest BCUT2D eigenvalue weighted by Crippen LogP contribution is -2.39. The standard InChI is InChI=1S/C16H22F2N6/c1-3-14-23-22-11-24(14)10-9-21-16(19-2)20-8-7-12-5-4-6-13(17)15(12)18/h4-6,11H,3,7-10H2,1-2H3,(H2,19,20,21). The van der Waals surface area contributed by atoms with Crippen LogP contribution in [0.15, 0.2) is 29.5 Å². The highest BCUT2D eigenvalue weighted by Gasteiger charge is 2.07. The molecule has 8 heteroatoms. The summed E-state index contributed by atoms with van der Waals surface area (Å²) in [6.07, 6.45) is 2.89. The van der Waals surface area contributed by atoms with Gasteiger partial charge in [0.15, 0.2) is 17.6 Å². The predicted octanol–water partition coefficient (Wildman–Crippen LogP) is 1.53. The van der Waals surface area contributed by atoms with Gasteiger partial charge in [-0.2, -0.15) is 0 Å². The molecule has 0 aliphatic rings. The highest BCUT2D eigenvalue weighted by atomic mass is 19.2. The number of aryl methyl sites for hydroxylation is 1. The minimum atomic E-state index is -0.823. The Morgan fingerprint density at radius 3 is 2.79 bits per heavy atom. The third kappa shape index (κ3) is 4.74. The number of nitrogens with zero attached hydrogens (tertiary/aromatic N) is 4. The van der Waals surface area contributed by atoms with E-state index in [4.69, 9.17) is 0 Å². The van der Waals surface area contributed by atoms with Crippen LogP contribution >= 0.6 is 0 Å². The molecule has 2 rings (SSSR count). The van der Waals surface area contributed by atoms with Gasteiger partial charge in [0.1, 0.15) is 12.2 Å². The maximum Gasteiger partial charge on any atom is 0.191 e. The Bertz CT molecular complexity index is 683. The van der Waals surface area contributed by atoms with E-state index in [1.54, 1.807) is 19.4 Å². The van der Waals surface area contributed by atoms with Crippen LogP contribution < -0.4 is 10.6 Å². The second kappa shape index (κ2) is 8.95. The van der Waals surface area contributed by atoms with Crippen LogP contribution in [0.5, 0.6) is 0 Å². The smallest absolute Gasteiger partial charge is 0.191 e. The lowest BCUT2D eigenvalue weighted by molar-refractivity contribution is 0.498. The first-order chi connectivity index (χ1) is 11.7. The molecule has 2 N–H and O–H groups in total. The van der Waals surface area contributed by atoms with Crippen molar-refractivity contribution in [2.45, 2.75) is 26.3 Å². The summed E-state index contributed by atoms with van der Waals surface area (Å²) in [7, 11) is 1.66. The van der Waals surface area contributed by atoms with Crippen molar-refractivity contribution < 1.29 is 8.78 Å². The van der Waals surface area contributed by atoms with Gasteiger partial charge < -0.3 is 15.2 Å². The second-order valence-electron chi connectivity index (χ2n) is 5.18. The monoisotopic (exact) mass is 336 g/mol. The molecule has 0 aliphatic heterocycles. The van der Waals surface area contributed by atoms with Crippen LogP contribution in [0.2, 0.25) is 0 Å². The van der Waals surface area contributed by atoms with Crippen LogP contribution in [-0.2, 0) is 19.4 Å². The van der Waals surface area contributed by atoms with Crippen LogP contribution in [0.4, 0.5) is 8.78 Å². The van der Waals surface area contributed by atoms with E-state index < -0.39 is 11.6 Å². The molecule has 24 heavy (non-hydrogen) atoms. The Hall–Kier alpha value is -2.51. The largest absolute Gasteiger partial charge is 0.356 e. The third-order valence-corrected chi connectivity index (χ3v) is 3.60. The van der Waals surface area contributed by atoms with Gasteiger partial charge in [0.25, 0.3) is 0 Å². The molecule has 0 radical (unpaired) electrons. The quantitative estimate of drug-likeness (QED) is 0.594. The minimum absolute atomic E-state index is 0.343. The first kappa shape index (κ1) is 17.8. The van der Waals surface area contributed by atoms with E-state index in [1.807, 2.05) is 11.5 Å². The zero-order valence-electron chi connectivity index (χ0n) is 13.9. The van der Waals surface area contributed by atoms with Gasteiger partial charge in [-0.1, -0.05) is 19.1 Å². The molecule has 1 aromatic heterocycles. The van der Waals surface area contributed by atoms with Gasteiger partial charge in [-0.15, -0.1) is 10.2 Å². The van der Waals surface area contributed by atoms with Crippen LogP contribution in [0, 0.1) is 11.6 Å². The zero-order valence-corrected chi connectivity index (χ0v) is 13.9. The van der Waals surface area contributed by atoms with E-state index in [0.29, 0.717) is 31.0 Å². The fraction of sp³-hybridized carbons (Fsp3) is 0.438. The number of guanidine groups is 1. The molecule has 0 amide bonds. The number of aliphatic imine (C=N–C) groups is 1. The van der Waals surface area contributed by atoms with Crippen molar-refractivity contribution in [3.8, 4) is 0 Å². The van der Waals surface area contributed by atoms with E-state index in [1.165, 1.54) is 6.07 Å². The highest BCUT2D eigenvalue weighted by molar-refractivity contribution is 5.79. The Balaban J connectivity index is 1.75. The number of hydrogen-bond donors (Lipinski definition) is 2. The Kier molecular flexibility index (Phi) is 6.65. The molecule has 0 spiro atoms. The van der Waals surface area contributed by atoms with Gasteiger partial charge in [-0.3, -0.25) is 4.99 Å². The third-order valence-electron chi connectivity index (χ3n) is 3.60. The molecule has 1 heterocycles. The van der Waals surface area contributed by atoms with Crippen LogP contribution in [0.25, 0.3) is 0 Å². The van der Waals surface area contributed by atoms with E-state index in [-0.39, 0.29) is 0 Å². The van der Waals surface area contributed by atoms with Gasteiger partial charge in [0.2, 0.25) is 0 Å². The predicted molar refractivity (Wildman–Crippen MR) is 88.8 cm³/mol. The summed E-state index contributed by atoms with van der Waals surface area (Å²) in [5.74, 6) is -0.0723. The van der Waals surface area contributed by atoms with E-state index in [2.05, 4.69) is 25.8 Å². The van der Waals surface area contributed by atoms with Crippen LogP contribution in [0.3, 0.4) is 0 Å². The molecule has 0 saturated carbocycles. The summed E-state index contributed by atoms with van der Waals surface area (Å²) < 4.78 is 28.7. The molecule has 0 aliphatic carbocycles. The summed E-state index contributed by atoms with van der Waals surface area (Å²) in [6, 6.07) is 4.20. The van der Waals surface area contributed by atoms with Crippen molar-refractivity contribution in [2.24, 2.45) is 4.99 Å². The molecule has 0 saturated heterocycles. The molecule has 0 atom stereocenters. The summed E-state index contributed by atoms with van der Waals surface area (Å²) in [5.41, 5.74) is 0.343. The minimum Gasteiger partial charge on any atom is -0.356 e. The van der Waals surface area contributed by atoms with Gasteiger partial charge in [-0.25, -0.2) is 8.78 Å². The fourth-order valence-corrected chi connectivity index (χ4v) is 2.31.